The van der Waals surface area contributed by atoms with Crippen molar-refractivity contribution in [2.24, 2.45) is 0 Å². The van der Waals surface area contributed by atoms with Crippen molar-refractivity contribution < 1.29 is 18.5 Å². The molecule has 0 spiro atoms. The van der Waals surface area contributed by atoms with E-state index in [-0.39, 0.29) is 17.3 Å². The lowest BCUT2D eigenvalue weighted by Gasteiger charge is -2.12. The second-order valence-electron chi connectivity index (χ2n) is 6.12. The molecule has 2 heterocycles. The molecule has 1 atom stereocenters. The highest BCUT2D eigenvalue weighted by Crippen LogP contribution is 2.20. The summed E-state index contributed by atoms with van der Waals surface area (Å²) in [7, 11) is 0. The van der Waals surface area contributed by atoms with Crippen LogP contribution in [-0.4, -0.2) is 48.2 Å². The molecule has 0 aliphatic heterocycles. The zero-order valence-electron chi connectivity index (χ0n) is 15.8. The van der Waals surface area contributed by atoms with Crippen molar-refractivity contribution in [3.8, 4) is 5.69 Å². The van der Waals surface area contributed by atoms with Crippen LogP contribution in [0.4, 0.5) is 15.9 Å². The van der Waals surface area contributed by atoms with Crippen molar-refractivity contribution in [1.82, 2.24) is 25.4 Å². The number of rotatable bonds is 7. The number of thioether (sulfide) groups is 1. The summed E-state index contributed by atoms with van der Waals surface area (Å²) in [4.78, 5) is 24.3. The number of benzene rings is 1. The molecule has 2 amide bonds. The van der Waals surface area contributed by atoms with E-state index in [0.29, 0.717) is 23.1 Å². The smallest absolute Gasteiger partial charge is 0.238 e. The minimum atomic E-state index is -0.593. The maximum absolute atomic E-state index is 14.1. The van der Waals surface area contributed by atoms with Crippen molar-refractivity contribution in [3.63, 3.8) is 0 Å². The number of halogens is 1. The van der Waals surface area contributed by atoms with Crippen molar-refractivity contribution in [3.05, 3.63) is 41.7 Å². The van der Waals surface area contributed by atoms with Gasteiger partial charge in [-0.1, -0.05) is 5.16 Å². The Kier molecular flexibility index (Phi) is 6.22. The van der Waals surface area contributed by atoms with Crippen LogP contribution in [0.5, 0.6) is 0 Å². The van der Waals surface area contributed by atoms with Gasteiger partial charge in [-0.25, -0.2) is 4.39 Å². The van der Waals surface area contributed by atoms with E-state index in [1.807, 2.05) is 0 Å². The largest absolute Gasteiger partial charge is 0.360 e. The predicted octanol–water partition coefficient (Wildman–Crippen LogP) is 2.11. The molecule has 152 valence electrons. The molecule has 0 radical (unpaired) electrons. The molecule has 2 aromatic heterocycles. The van der Waals surface area contributed by atoms with Crippen molar-refractivity contribution in [2.45, 2.75) is 26.0 Å². The minimum Gasteiger partial charge on any atom is -0.360 e. The lowest BCUT2D eigenvalue weighted by molar-refractivity contribution is -0.115. The lowest BCUT2D eigenvalue weighted by atomic mass is 10.2. The number of carbonyl (C=O) groups is 2. The van der Waals surface area contributed by atoms with Gasteiger partial charge in [0.25, 0.3) is 0 Å². The van der Waals surface area contributed by atoms with E-state index in [9.17, 15) is 14.0 Å². The van der Waals surface area contributed by atoms with Crippen LogP contribution in [0.3, 0.4) is 0 Å². The van der Waals surface area contributed by atoms with E-state index in [1.54, 1.807) is 26.8 Å². The van der Waals surface area contributed by atoms with Crippen LogP contribution in [0, 0.1) is 19.7 Å². The predicted molar refractivity (Wildman–Crippen MR) is 104 cm³/mol. The molecule has 10 nitrogen and oxygen atoms in total. The Morgan fingerprint density at radius 2 is 2.07 bits per heavy atom. The molecule has 1 aromatic carbocycles. The number of hydrogen-bond donors (Lipinski definition) is 2. The van der Waals surface area contributed by atoms with Gasteiger partial charge in [0.15, 0.2) is 11.6 Å². The number of nitrogens with zero attached hydrogens (tertiary/aromatic N) is 5. The average Bonchev–Trinajstić information content (AvgIpc) is 3.29. The summed E-state index contributed by atoms with van der Waals surface area (Å²) in [5.41, 5.74) is 0.505. The van der Waals surface area contributed by atoms with Gasteiger partial charge in [-0.05, 0) is 49.4 Å². The molecule has 0 fully saturated rings. The fourth-order valence-electron chi connectivity index (χ4n) is 2.33. The third kappa shape index (κ3) is 5.16. The number of hydrogen-bond acceptors (Lipinski definition) is 8. The van der Waals surface area contributed by atoms with E-state index in [2.05, 4.69) is 31.3 Å². The van der Waals surface area contributed by atoms with E-state index in [4.69, 9.17) is 4.52 Å². The number of aryl methyl sites for hydroxylation is 2. The molecule has 0 aliphatic carbocycles. The monoisotopic (exact) mass is 419 g/mol. The second kappa shape index (κ2) is 8.82. The highest BCUT2D eigenvalue weighted by atomic mass is 32.2. The molecule has 0 aliphatic rings. The molecular weight excluding hydrogens is 401 g/mol. The van der Waals surface area contributed by atoms with Gasteiger partial charge in [0, 0.05) is 6.07 Å². The SMILES string of the molecule is Cc1cc(NC(=O)C(C)SCC(=O)Nc2cc(-n3nnnc3C)ccc2F)no1. The van der Waals surface area contributed by atoms with Gasteiger partial charge in [0.1, 0.15) is 11.6 Å². The normalized spacial score (nSPS) is 11.9. The lowest BCUT2D eigenvalue weighted by Crippen LogP contribution is -2.25. The third-order valence-electron chi connectivity index (χ3n) is 3.81. The number of amides is 2. The standard InChI is InChI=1S/C17H18FN7O3S/c1-9-6-15(22-28-9)20-17(27)10(2)29-8-16(26)19-14-7-12(4-5-13(14)18)25-11(3)21-23-24-25/h4-7,10H,8H2,1-3H3,(H,19,26)(H,20,22,27). The van der Waals surface area contributed by atoms with E-state index in [1.165, 1.54) is 22.9 Å². The molecule has 0 saturated carbocycles. The Labute approximate surface area is 169 Å². The Bertz CT molecular complexity index is 1040. The zero-order valence-corrected chi connectivity index (χ0v) is 16.7. The quantitative estimate of drug-likeness (QED) is 0.596. The van der Waals surface area contributed by atoms with Gasteiger partial charge in [0.2, 0.25) is 11.8 Å². The highest BCUT2D eigenvalue weighted by Gasteiger charge is 2.18. The van der Waals surface area contributed by atoms with Crippen LogP contribution < -0.4 is 10.6 Å². The molecule has 3 rings (SSSR count). The first-order chi connectivity index (χ1) is 13.8. The number of carbonyl (C=O) groups excluding carboxylic acids is 2. The fraction of sp³-hybridized carbons (Fsp3) is 0.294. The average molecular weight is 419 g/mol. The number of tetrazole rings is 1. The van der Waals surface area contributed by atoms with Crippen LogP contribution >= 0.6 is 11.8 Å². The Morgan fingerprint density at radius 3 is 2.72 bits per heavy atom. The van der Waals surface area contributed by atoms with E-state index >= 15 is 0 Å². The molecule has 0 saturated heterocycles. The van der Waals surface area contributed by atoms with Crippen molar-refractivity contribution >= 4 is 35.1 Å². The maximum Gasteiger partial charge on any atom is 0.238 e. The molecule has 12 heteroatoms. The molecule has 1 unspecified atom stereocenters. The molecule has 3 aromatic rings. The van der Waals surface area contributed by atoms with Gasteiger partial charge in [-0.3, -0.25) is 9.59 Å². The summed E-state index contributed by atoms with van der Waals surface area (Å²) in [5.74, 6) is -0.00578. The van der Waals surface area contributed by atoms with Gasteiger partial charge < -0.3 is 15.2 Å². The maximum atomic E-state index is 14.1. The van der Waals surface area contributed by atoms with Crippen LogP contribution in [0.1, 0.15) is 18.5 Å². The van der Waals surface area contributed by atoms with Crippen molar-refractivity contribution in [2.75, 3.05) is 16.4 Å². The van der Waals surface area contributed by atoms with Crippen LogP contribution in [0.15, 0.2) is 28.8 Å². The third-order valence-corrected chi connectivity index (χ3v) is 4.95. The van der Waals surface area contributed by atoms with Gasteiger partial charge in [0.05, 0.1) is 22.4 Å². The first-order valence-corrected chi connectivity index (χ1v) is 9.59. The molecular formula is C17H18FN7O3S. The summed E-state index contributed by atoms with van der Waals surface area (Å²) in [6.07, 6.45) is 0. The Balaban J connectivity index is 1.56. The minimum absolute atomic E-state index is 0.00169. The summed E-state index contributed by atoms with van der Waals surface area (Å²) < 4.78 is 20.4. The summed E-state index contributed by atoms with van der Waals surface area (Å²) >= 11 is 1.11. The molecule has 0 bridgehead atoms. The molecule has 29 heavy (non-hydrogen) atoms. The Morgan fingerprint density at radius 1 is 1.28 bits per heavy atom. The number of anilines is 2. The van der Waals surface area contributed by atoms with Gasteiger partial charge >= 0.3 is 0 Å². The van der Waals surface area contributed by atoms with Crippen LogP contribution in [-0.2, 0) is 9.59 Å². The van der Waals surface area contributed by atoms with Crippen molar-refractivity contribution in [1.29, 1.82) is 0 Å². The Hall–Kier alpha value is -3.28. The second-order valence-corrected chi connectivity index (χ2v) is 7.44. The highest BCUT2D eigenvalue weighted by molar-refractivity contribution is 8.01. The van der Waals surface area contributed by atoms with Crippen LogP contribution in [0.2, 0.25) is 0 Å². The number of nitrogens with one attached hydrogen (secondary N) is 2. The zero-order chi connectivity index (χ0) is 21.0. The van der Waals surface area contributed by atoms with Gasteiger partial charge in [-0.2, -0.15) is 4.68 Å². The topological polar surface area (TPSA) is 128 Å². The first kappa shape index (κ1) is 20.5. The van der Waals surface area contributed by atoms with Gasteiger partial charge in [-0.15, -0.1) is 16.9 Å². The summed E-state index contributed by atoms with van der Waals surface area (Å²) in [6, 6.07) is 5.74. The fourth-order valence-corrected chi connectivity index (χ4v) is 3.01. The summed E-state index contributed by atoms with van der Waals surface area (Å²) in [6.45, 7) is 5.06. The first-order valence-electron chi connectivity index (χ1n) is 8.54. The van der Waals surface area contributed by atoms with E-state index in [0.717, 1.165) is 11.8 Å². The number of aromatic nitrogens is 5. The summed E-state index contributed by atoms with van der Waals surface area (Å²) in [5, 5.41) is 19.4. The van der Waals surface area contributed by atoms with Crippen LogP contribution in [0.25, 0.3) is 5.69 Å². The molecule has 2 N–H and O–H groups in total. The van der Waals surface area contributed by atoms with E-state index < -0.39 is 17.0 Å².